The van der Waals surface area contributed by atoms with E-state index in [1.807, 2.05) is 0 Å². The quantitative estimate of drug-likeness (QED) is 0.747. The van der Waals surface area contributed by atoms with Gasteiger partial charge in [-0.2, -0.15) is 0 Å². The van der Waals surface area contributed by atoms with Gasteiger partial charge in [0, 0.05) is 13.1 Å². The number of ether oxygens (including phenoxy) is 1. The Morgan fingerprint density at radius 1 is 1.39 bits per heavy atom. The summed E-state index contributed by atoms with van der Waals surface area (Å²) in [6, 6.07) is 5.35. The lowest BCUT2D eigenvalue weighted by molar-refractivity contribution is -0.274. The Morgan fingerprint density at radius 3 is 2.70 bits per heavy atom. The zero-order valence-electron chi connectivity index (χ0n) is 12.1. The summed E-state index contributed by atoms with van der Waals surface area (Å²) in [5.41, 5.74) is 0.361. The molecule has 2 rings (SSSR count). The van der Waals surface area contributed by atoms with Crippen molar-refractivity contribution in [2.24, 2.45) is 0 Å². The van der Waals surface area contributed by atoms with E-state index in [9.17, 15) is 23.1 Å². The minimum atomic E-state index is -4.75. The van der Waals surface area contributed by atoms with Gasteiger partial charge in [-0.15, -0.1) is 25.6 Å². The van der Waals surface area contributed by atoms with Gasteiger partial charge in [0.25, 0.3) is 0 Å². The molecule has 2 atom stereocenters. The summed E-state index contributed by atoms with van der Waals surface area (Å²) in [5, 5.41) is 14.8. The van der Waals surface area contributed by atoms with Crippen LogP contribution in [0.2, 0.25) is 0 Å². The van der Waals surface area contributed by atoms with Crippen molar-refractivity contribution in [2.45, 2.75) is 31.3 Å². The first-order chi connectivity index (χ1) is 10.3. The molecule has 1 amide bonds. The molecule has 0 spiro atoms. The largest absolute Gasteiger partial charge is 0.573 e. The van der Waals surface area contributed by atoms with Crippen LogP contribution < -0.4 is 15.4 Å². The number of hydrogen-bond donors (Lipinski definition) is 3. The van der Waals surface area contributed by atoms with E-state index in [1.54, 1.807) is 6.07 Å². The smallest absolute Gasteiger partial charge is 0.406 e. The van der Waals surface area contributed by atoms with Crippen molar-refractivity contribution >= 4 is 18.3 Å². The molecule has 1 aliphatic rings. The number of halogens is 4. The average molecular weight is 355 g/mol. The van der Waals surface area contributed by atoms with Gasteiger partial charge >= 0.3 is 6.36 Å². The van der Waals surface area contributed by atoms with Crippen LogP contribution in [0.1, 0.15) is 12.0 Å². The van der Waals surface area contributed by atoms with E-state index in [2.05, 4.69) is 15.4 Å². The molecule has 0 aromatic heterocycles. The number of alkyl halides is 3. The number of hydrogen-bond acceptors (Lipinski definition) is 4. The molecule has 0 radical (unpaired) electrons. The van der Waals surface area contributed by atoms with Crippen molar-refractivity contribution < 1.29 is 27.8 Å². The summed E-state index contributed by atoms with van der Waals surface area (Å²) in [7, 11) is 0. The Kier molecular flexibility index (Phi) is 7.11. The highest BCUT2D eigenvalue weighted by Crippen LogP contribution is 2.26. The first-order valence-electron chi connectivity index (χ1n) is 6.88. The van der Waals surface area contributed by atoms with E-state index in [0.717, 1.165) is 0 Å². The normalized spacial score (nSPS) is 20.7. The van der Waals surface area contributed by atoms with E-state index in [-0.39, 0.29) is 37.0 Å². The van der Waals surface area contributed by atoms with Crippen LogP contribution in [0.4, 0.5) is 13.2 Å². The second-order valence-corrected chi connectivity index (χ2v) is 5.05. The molecule has 1 aromatic rings. The summed E-state index contributed by atoms with van der Waals surface area (Å²) >= 11 is 0. The molecule has 1 heterocycles. The van der Waals surface area contributed by atoms with Gasteiger partial charge < -0.3 is 20.5 Å². The number of carbonyl (C=O) groups is 1. The third kappa shape index (κ3) is 6.25. The molecule has 1 aliphatic heterocycles. The highest BCUT2D eigenvalue weighted by atomic mass is 35.5. The number of carbonyl (C=O) groups excluding carboxylic acids is 1. The van der Waals surface area contributed by atoms with E-state index < -0.39 is 18.5 Å². The molecular weight excluding hydrogens is 337 g/mol. The lowest BCUT2D eigenvalue weighted by Gasteiger charge is -2.14. The van der Waals surface area contributed by atoms with E-state index >= 15 is 0 Å². The van der Waals surface area contributed by atoms with Crippen molar-refractivity contribution in [3.05, 3.63) is 29.8 Å². The monoisotopic (exact) mass is 354 g/mol. The Labute approximate surface area is 137 Å². The number of nitrogens with one attached hydrogen (secondary N) is 2. The van der Waals surface area contributed by atoms with Gasteiger partial charge in [-0.1, -0.05) is 18.2 Å². The summed E-state index contributed by atoms with van der Waals surface area (Å²) in [6.07, 6.45) is -4.74. The van der Waals surface area contributed by atoms with Crippen molar-refractivity contribution in [3.63, 3.8) is 0 Å². The zero-order chi connectivity index (χ0) is 16.2. The SMILES string of the molecule is Cl.O=C(NCCc1ccccc1OC(F)(F)F)C1CC(O)CN1. The molecule has 0 bridgehead atoms. The van der Waals surface area contributed by atoms with Gasteiger partial charge in [-0.25, -0.2) is 0 Å². The lowest BCUT2D eigenvalue weighted by Crippen LogP contribution is -2.41. The Balaban J connectivity index is 0.00000264. The Hall–Kier alpha value is -1.51. The van der Waals surface area contributed by atoms with Gasteiger partial charge in [0.1, 0.15) is 5.75 Å². The standard InChI is InChI=1S/C14H17F3N2O3.ClH/c15-14(16,17)22-12-4-2-1-3-9(12)5-6-18-13(21)11-7-10(20)8-19-11;/h1-4,10-11,19-20H,5-8H2,(H,18,21);1H. The molecule has 2 unspecified atom stereocenters. The van der Waals surface area contributed by atoms with Gasteiger partial charge in [0.2, 0.25) is 5.91 Å². The molecule has 130 valence electrons. The van der Waals surface area contributed by atoms with Gasteiger partial charge in [0.05, 0.1) is 12.1 Å². The number of benzene rings is 1. The fraction of sp³-hybridized carbons (Fsp3) is 0.500. The fourth-order valence-electron chi connectivity index (χ4n) is 2.29. The molecule has 1 aromatic carbocycles. The van der Waals surface area contributed by atoms with E-state index in [0.29, 0.717) is 18.5 Å². The van der Waals surface area contributed by atoms with E-state index in [4.69, 9.17) is 0 Å². The topological polar surface area (TPSA) is 70.6 Å². The first-order valence-corrected chi connectivity index (χ1v) is 6.88. The van der Waals surface area contributed by atoms with Crippen LogP contribution in [0.25, 0.3) is 0 Å². The highest BCUT2D eigenvalue weighted by Gasteiger charge is 2.32. The van der Waals surface area contributed by atoms with Crippen LogP contribution in [0, 0.1) is 0 Å². The Bertz CT molecular complexity index is 528. The van der Waals surface area contributed by atoms with Crippen LogP contribution in [0.5, 0.6) is 5.75 Å². The van der Waals surface area contributed by atoms with Crippen LogP contribution >= 0.6 is 12.4 Å². The summed E-state index contributed by atoms with van der Waals surface area (Å²) < 4.78 is 40.8. The number of para-hydroxylation sites is 1. The van der Waals surface area contributed by atoms with Crippen molar-refractivity contribution in [1.82, 2.24) is 10.6 Å². The predicted octanol–water partition coefficient (Wildman–Crippen LogP) is 1.39. The van der Waals surface area contributed by atoms with Crippen LogP contribution in [-0.2, 0) is 11.2 Å². The minimum Gasteiger partial charge on any atom is -0.406 e. The van der Waals surface area contributed by atoms with Crippen molar-refractivity contribution in [3.8, 4) is 5.75 Å². The maximum absolute atomic E-state index is 12.3. The number of β-amino-alcohol motifs (C(OH)–C–C–N with tert-alkyl or cyclic N) is 1. The fourth-order valence-corrected chi connectivity index (χ4v) is 2.29. The molecular formula is C14H18ClF3N2O3. The zero-order valence-corrected chi connectivity index (χ0v) is 12.9. The maximum atomic E-state index is 12.3. The third-order valence-corrected chi connectivity index (χ3v) is 3.32. The average Bonchev–Trinajstić information content (AvgIpc) is 2.86. The van der Waals surface area contributed by atoms with Crippen molar-refractivity contribution in [1.29, 1.82) is 0 Å². The molecule has 0 aliphatic carbocycles. The molecule has 1 fully saturated rings. The third-order valence-electron chi connectivity index (χ3n) is 3.32. The molecule has 3 N–H and O–H groups in total. The van der Waals surface area contributed by atoms with Gasteiger partial charge in [-0.05, 0) is 24.5 Å². The number of aliphatic hydroxyl groups excluding tert-OH is 1. The first kappa shape index (κ1) is 19.5. The van der Waals surface area contributed by atoms with Crippen LogP contribution in [-0.4, -0.2) is 42.6 Å². The lowest BCUT2D eigenvalue weighted by atomic mass is 10.1. The Morgan fingerprint density at radius 2 is 2.09 bits per heavy atom. The highest BCUT2D eigenvalue weighted by molar-refractivity contribution is 5.85. The van der Waals surface area contributed by atoms with Gasteiger partial charge in [0.15, 0.2) is 0 Å². The molecule has 5 nitrogen and oxygen atoms in total. The number of aliphatic hydroxyl groups is 1. The molecule has 23 heavy (non-hydrogen) atoms. The summed E-state index contributed by atoms with van der Waals surface area (Å²) in [6.45, 7) is 0.547. The summed E-state index contributed by atoms with van der Waals surface area (Å²) in [4.78, 5) is 11.8. The maximum Gasteiger partial charge on any atom is 0.573 e. The minimum absolute atomic E-state index is 0. The summed E-state index contributed by atoms with van der Waals surface area (Å²) in [5.74, 6) is -0.538. The van der Waals surface area contributed by atoms with Gasteiger partial charge in [-0.3, -0.25) is 4.79 Å². The molecule has 0 saturated carbocycles. The predicted molar refractivity (Wildman–Crippen MR) is 79.5 cm³/mol. The molecule has 9 heteroatoms. The molecule has 1 saturated heterocycles. The second-order valence-electron chi connectivity index (χ2n) is 5.05. The number of amides is 1. The van der Waals surface area contributed by atoms with E-state index in [1.165, 1.54) is 18.2 Å². The van der Waals surface area contributed by atoms with Crippen molar-refractivity contribution in [2.75, 3.05) is 13.1 Å². The number of rotatable bonds is 5. The van der Waals surface area contributed by atoms with Crippen LogP contribution in [0.15, 0.2) is 24.3 Å². The van der Waals surface area contributed by atoms with Crippen LogP contribution in [0.3, 0.4) is 0 Å². The second kappa shape index (κ2) is 8.37.